The highest BCUT2D eigenvalue weighted by Gasteiger charge is 2.33. The van der Waals surface area contributed by atoms with E-state index in [1.54, 1.807) is 12.1 Å². The molecule has 2 saturated heterocycles. The minimum absolute atomic E-state index is 0. The Hall–Kier alpha value is -1.99. The fourth-order valence-corrected chi connectivity index (χ4v) is 3.79. The third kappa shape index (κ3) is 4.84. The molecular formula is C19H23ClF2N4O. The Morgan fingerprint density at radius 3 is 2.44 bits per heavy atom. The first-order chi connectivity index (χ1) is 12.7. The molecule has 2 atom stereocenters. The number of piperazine rings is 1. The molecule has 3 heterocycles. The predicted molar refractivity (Wildman–Crippen MR) is 101 cm³/mol. The van der Waals surface area contributed by atoms with Crippen LogP contribution in [0.3, 0.4) is 0 Å². The Bertz CT molecular complexity index is 731. The van der Waals surface area contributed by atoms with Crippen molar-refractivity contribution in [3.05, 3.63) is 48.3 Å². The largest absolute Gasteiger partial charge is 0.493 e. The lowest BCUT2D eigenvalue weighted by molar-refractivity contribution is 0.0725. The van der Waals surface area contributed by atoms with Crippen LogP contribution in [0.1, 0.15) is 12.8 Å². The zero-order valence-electron chi connectivity index (χ0n) is 14.9. The number of nitrogens with zero attached hydrogens (tertiary/aromatic N) is 4. The van der Waals surface area contributed by atoms with Gasteiger partial charge in [0.25, 0.3) is 0 Å². The number of benzene rings is 1. The Morgan fingerprint density at radius 1 is 0.963 bits per heavy atom. The summed E-state index contributed by atoms with van der Waals surface area (Å²) in [4.78, 5) is 12.8. The maximum atomic E-state index is 13.0. The zero-order valence-corrected chi connectivity index (χ0v) is 15.7. The van der Waals surface area contributed by atoms with E-state index >= 15 is 0 Å². The number of fused-ring (bicyclic) bond motifs is 1. The van der Waals surface area contributed by atoms with Gasteiger partial charge >= 0.3 is 0 Å². The summed E-state index contributed by atoms with van der Waals surface area (Å²) in [6, 6.07) is 6.65. The molecule has 1 aromatic heterocycles. The quantitative estimate of drug-likeness (QED) is 0.794. The van der Waals surface area contributed by atoms with Crippen molar-refractivity contribution in [2.75, 3.05) is 37.7 Å². The maximum absolute atomic E-state index is 13.0. The summed E-state index contributed by atoms with van der Waals surface area (Å²) in [7, 11) is 0. The number of anilines is 1. The summed E-state index contributed by atoms with van der Waals surface area (Å²) in [5.74, 6) is 1.14. The van der Waals surface area contributed by atoms with Crippen molar-refractivity contribution in [1.29, 1.82) is 0 Å². The smallest absolute Gasteiger partial charge is 0.225 e. The van der Waals surface area contributed by atoms with Crippen LogP contribution in [0.2, 0.25) is 0 Å². The van der Waals surface area contributed by atoms with Crippen molar-refractivity contribution in [1.82, 2.24) is 14.9 Å². The average molecular weight is 397 g/mol. The highest BCUT2D eigenvalue weighted by atomic mass is 35.5. The molecule has 2 aromatic rings. The lowest BCUT2D eigenvalue weighted by Crippen LogP contribution is -2.57. The molecule has 0 radical (unpaired) electrons. The van der Waals surface area contributed by atoms with E-state index in [4.69, 9.17) is 4.74 Å². The van der Waals surface area contributed by atoms with Gasteiger partial charge in [-0.15, -0.1) is 12.4 Å². The summed E-state index contributed by atoms with van der Waals surface area (Å²) < 4.78 is 31.8. The van der Waals surface area contributed by atoms with Crippen molar-refractivity contribution in [3.63, 3.8) is 0 Å². The summed E-state index contributed by atoms with van der Waals surface area (Å²) in [5, 5.41) is 0. The van der Waals surface area contributed by atoms with Gasteiger partial charge < -0.3 is 9.64 Å². The maximum Gasteiger partial charge on any atom is 0.225 e. The molecule has 146 valence electrons. The molecule has 0 aliphatic carbocycles. The van der Waals surface area contributed by atoms with Crippen LogP contribution in [-0.2, 0) is 0 Å². The van der Waals surface area contributed by atoms with Crippen LogP contribution in [0.25, 0.3) is 0 Å². The van der Waals surface area contributed by atoms with Crippen LogP contribution in [0.5, 0.6) is 5.75 Å². The van der Waals surface area contributed by atoms with Crippen molar-refractivity contribution >= 4 is 18.4 Å². The molecule has 5 nitrogen and oxygen atoms in total. The van der Waals surface area contributed by atoms with Gasteiger partial charge in [0.1, 0.15) is 11.6 Å². The Labute approximate surface area is 163 Å². The van der Waals surface area contributed by atoms with Gasteiger partial charge in [0, 0.05) is 38.1 Å². The fraction of sp³-hybridized carbons (Fsp3) is 0.474. The molecule has 0 saturated carbocycles. The van der Waals surface area contributed by atoms with Crippen LogP contribution in [0.4, 0.5) is 14.7 Å². The summed E-state index contributed by atoms with van der Waals surface area (Å²) >= 11 is 0. The van der Waals surface area contributed by atoms with E-state index < -0.39 is 5.82 Å². The minimum atomic E-state index is -0.408. The third-order valence-electron chi connectivity index (χ3n) is 5.19. The van der Waals surface area contributed by atoms with Crippen LogP contribution >= 0.6 is 12.4 Å². The number of aromatic nitrogens is 2. The monoisotopic (exact) mass is 396 g/mol. The van der Waals surface area contributed by atoms with Gasteiger partial charge in [-0.2, -0.15) is 0 Å². The predicted octanol–water partition coefficient (Wildman–Crippen LogP) is 3.16. The second kappa shape index (κ2) is 8.80. The van der Waals surface area contributed by atoms with E-state index in [1.807, 2.05) is 0 Å². The minimum Gasteiger partial charge on any atom is -0.493 e. The Balaban J connectivity index is 0.00000210. The van der Waals surface area contributed by atoms with Gasteiger partial charge in [-0.05, 0) is 37.1 Å². The van der Waals surface area contributed by atoms with E-state index in [0.717, 1.165) is 39.0 Å². The zero-order chi connectivity index (χ0) is 17.9. The second-order valence-electron chi connectivity index (χ2n) is 7.00. The van der Waals surface area contributed by atoms with Crippen LogP contribution in [0.15, 0.2) is 36.7 Å². The molecule has 2 aliphatic rings. The van der Waals surface area contributed by atoms with Crippen LogP contribution in [0, 0.1) is 17.6 Å². The molecule has 27 heavy (non-hydrogen) atoms. The van der Waals surface area contributed by atoms with Gasteiger partial charge in [-0.3, -0.25) is 4.90 Å². The van der Waals surface area contributed by atoms with Crippen molar-refractivity contribution in [2.24, 2.45) is 5.92 Å². The molecule has 8 heteroatoms. The number of halogens is 3. The van der Waals surface area contributed by atoms with Crippen molar-refractivity contribution in [3.8, 4) is 5.75 Å². The molecule has 4 rings (SSSR count). The first-order valence-corrected chi connectivity index (χ1v) is 9.02. The molecular weight excluding hydrogens is 374 g/mol. The van der Waals surface area contributed by atoms with Gasteiger partial charge in [0.15, 0.2) is 5.82 Å². The van der Waals surface area contributed by atoms with Crippen LogP contribution < -0.4 is 9.64 Å². The summed E-state index contributed by atoms with van der Waals surface area (Å²) in [6.45, 7) is 4.31. The van der Waals surface area contributed by atoms with Gasteiger partial charge in [0.2, 0.25) is 5.95 Å². The lowest BCUT2D eigenvalue weighted by atomic mass is 9.91. The average Bonchev–Trinajstić information content (AvgIpc) is 2.67. The molecule has 1 aromatic carbocycles. The van der Waals surface area contributed by atoms with E-state index in [9.17, 15) is 8.78 Å². The van der Waals surface area contributed by atoms with E-state index in [2.05, 4.69) is 19.8 Å². The standard InChI is InChI=1S/C19H22F2N4O.ClH/c20-15-2-5-18(6-3-15)26-13-14-1-4-17-12-25(8-7-24(17)11-14)19-22-9-16(21)10-23-19;/h2-3,5-6,9-10,14,17H,1,4,7-8,11-13H2;1H/t14-,17+;/m1./s1. The van der Waals surface area contributed by atoms with Crippen LogP contribution in [-0.4, -0.2) is 53.7 Å². The molecule has 0 bridgehead atoms. The van der Waals surface area contributed by atoms with Crippen molar-refractivity contribution < 1.29 is 13.5 Å². The van der Waals surface area contributed by atoms with E-state index in [0.29, 0.717) is 30.3 Å². The lowest BCUT2D eigenvalue weighted by Gasteiger charge is -2.46. The molecule has 0 amide bonds. The van der Waals surface area contributed by atoms with Crippen molar-refractivity contribution in [2.45, 2.75) is 18.9 Å². The number of hydrogen-bond acceptors (Lipinski definition) is 5. The Kier molecular flexibility index (Phi) is 6.44. The second-order valence-corrected chi connectivity index (χ2v) is 7.00. The number of piperidine rings is 1. The Morgan fingerprint density at radius 2 is 1.70 bits per heavy atom. The summed E-state index contributed by atoms with van der Waals surface area (Å²) in [5.41, 5.74) is 0. The fourth-order valence-electron chi connectivity index (χ4n) is 3.79. The molecule has 2 fully saturated rings. The normalized spacial score (nSPS) is 22.7. The van der Waals surface area contributed by atoms with Gasteiger partial charge in [-0.25, -0.2) is 18.7 Å². The first kappa shape index (κ1) is 19.8. The van der Waals surface area contributed by atoms with E-state index in [-0.39, 0.29) is 18.2 Å². The third-order valence-corrected chi connectivity index (χ3v) is 5.19. The van der Waals surface area contributed by atoms with Gasteiger partial charge in [-0.1, -0.05) is 0 Å². The highest BCUT2D eigenvalue weighted by Crippen LogP contribution is 2.27. The molecule has 0 spiro atoms. The highest BCUT2D eigenvalue weighted by molar-refractivity contribution is 5.85. The first-order valence-electron chi connectivity index (χ1n) is 9.02. The molecule has 0 unspecified atom stereocenters. The summed E-state index contributed by atoms with van der Waals surface area (Å²) in [6.07, 6.45) is 4.63. The number of ether oxygens (including phenoxy) is 1. The molecule has 0 N–H and O–H groups in total. The number of rotatable bonds is 4. The van der Waals surface area contributed by atoms with Gasteiger partial charge in [0.05, 0.1) is 19.0 Å². The molecule has 2 aliphatic heterocycles. The number of hydrogen-bond donors (Lipinski definition) is 0. The van der Waals surface area contributed by atoms with E-state index in [1.165, 1.54) is 24.5 Å². The SMILES string of the molecule is Cl.Fc1ccc(OC[C@@H]2CC[C@H]3CN(c4ncc(F)cn4)CCN3C2)cc1. The topological polar surface area (TPSA) is 41.5 Å².